The van der Waals surface area contributed by atoms with E-state index in [-0.39, 0.29) is 0 Å². The summed E-state index contributed by atoms with van der Waals surface area (Å²) in [6.45, 7) is 1.90. The average molecular weight is 195 g/mol. The summed E-state index contributed by atoms with van der Waals surface area (Å²) in [5.74, 6) is -0.549. The summed E-state index contributed by atoms with van der Waals surface area (Å²) in [5, 5.41) is 8.74. The molecule has 1 aromatic carbocycles. The first-order chi connectivity index (χ1) is 6.56. The Morgan fingerprint density at radius 3 is 2.71 bits per heavy atom. The second-order valence-electron chi connectivity index (χ2n) is 3.06. The number of carbonyl (C=O) groups is 1. The standard InChI is InChI=1S/C10H13NO3/c1-6-3-4-7(8(5-6)14-2)9(11)10(12)13/h3-5,9H,11H2,1-2H3,(H,12,13). The fourth-order valence-corrected chi connectivity index (χ4v) is 1.21. The van der Waals surface area contributed by atoms with Crippen molar-refractivity contribution in [1.82, 2.24) is 0 Å². The van der Waals surface area contributed by atoms with Crippen LogP contribution in [0.3, 0.4) is 0 Å². The lowest BCUT2D eigenvalue weighted by atomic mass is 10.0. The Kier molecular flexibility index (Phi) is 3.09. The van der Waals surface area contributed by atoms with Crippen LogP contribution in [0.15, 0.2) is 18.2 Å². The van der Waals surface area contributed by atoms with Gasteiger partial charge < -0.3 is 15.6 Å². The average Bonchev–Trinajstić information content (AvgIpc) is 2.16. The van der Waals surface area contributed by atoms with E-state index in [9.17, 15) is 4.79 Å². The quantitative estimate of drug-likeness (QED) is 0.757. The van der Waals surface area contributed by atoms with Crippen LogP contribution in [0.5, 0.6) is 5.75 Å². The van der Waals surface area contributed by atoms with Crippen LogP contribution in [-0.4, -0.2) is 18.2 Å². The molecule has 1 atom stereocenters. The largest absolute Gasteiger partial charge is 0.496 e. The van der Waals surface area contributed by atoms with E-state index >= 15 is 0 Å². The van der Waals surface area contributed by atoms with Gasteiger partial charge in [-0.25, -0.2) is 0 Å². The van der Waals surface area contributed by atoms with Crippen molar-refractivity contribution in [1.29, 1.82) is 0 Å². The minimum atomic E-state index is -1.06. The van der Waals surface area contributed by atoms with Gasteiger partial charge in [0.1, 0.15) is 11.8 Å². The van der Waals surface area contributed by atoms with E-state index in [2.05, 4.69) is 0 Å². The number of aliphatic carboxylic acids is 1. The Bertz CT molecular complexity index is 349. The van der Waals surface area contributed by atoms with Gasteiger partial charge in [-0.1, -0.05) is 12.1 Å². The first-order valence-electron chi connectivity index (χ1n) is 4.19. The third-order valence-corrected chi connectivity index (χ3v) is 1.99. The predicted molar refractivity (Wildman–Crippen MR) is 52.3 cm³/mol. The van der Waals surface area contributed by atoms with Crippen molar-refractivity contribution >= 4 is 5.97 Å². The predicted octanol–water partition coefficient (Wildman–Crippen LogP) is 1.09. The highest BCUT2D eigenvalue weighted by Crippen LogP contribution is 2.24. The summed E-state index contributed by atoms with van der Waals surface area (Å²) in [7, 11) is 1.49. The zero-order valence-corrected chi connectivity index (χ0v) is 8.15. The minimum absolute atomic E-state index is 0.491. The molecule has 76 valence electrons. The molecule has 0 saturated heterocycles. The lowest BCUT2D eigenvalue weighted by Gasteiger charge is -2.12. The number of rotatable bonds is 3. The molecule has 0 radical (unpaired) electrons. The molecule has 1 rings (SSSR count). The normalized spacial score (nSPS) is 12.2. The van der Waals surface area contributed by atoms with Crippen LogP contribution >= 0.6 is 0 Å². The third kappa shape index (κ3) is 2.03. The Hall–Kier alpha value is -1.55. The number of aryl methyl sites for hydroxylation is 1. The van der Waals surface area contributed by atoms with Gasteiger partial charge in [-0.05, 0) is 18.6 Å². The van der Waals surface area contributed by atoms with E-state index in [0.717, 1.165) is 5.56 Å². The number of ether oxygens (including phenoxy) is 1. The van der Waals surface area contributed by atoms with Gasteiger partial charge in [0.25, 0.3) is 0 Å². The number of carboxylic acid groups (broad SMARTS) is 1. The SMILES string of the molecule is COc1cc(C)ccc1C(N)C(=O)O. The van der Waals surface area contributed by atoms with E-state index in [1.807, 2.05) is 6.92 Å². The molecule has 3 N–H and O–H groups in total. The van der Waals surface area contributed by atoms with Crippen LogP contribution in [0.1, 0.15) is 17.2 Å². The van der Waals surface area contributed by atoms with E-state index in [1.165, 1.54) is 7.11 Å². The molecule has 0 saturated carbocycles. The third-order valence-electron chi connectivity index (χ3n) is 1.99. The highest BCUT2D eigenvalue weighted by molar-refractivity contribution is 5.76. The number of carboxylic acids is 1. The molecule has 4 heteroatoms. The Balaban J connectivity index is 3.13. The highest BCUT2D eigenvalue weighted by atomic mass is 16.5. The number of hydrogen-bond acceptors (Lipinski definition) is 3. The van der Waals surface area contributed by atoms with Gasteiger partial charge in [-0.2, -0.15) is 0 Å². The molecule has 0 heterocycles. The molecule has 1 unspecified atom stereocenters. The van der Waals surface area contributed by atoms with Crippen LogP contribution in [-0.2, 0) is 4.79 Å². The van der Waals surface area contributed by atoms with Crippen molar-refractivity contribution < 1.29 is 14.6 Å². The topological polar surface area (TPSA) is 72.5 Å². The lowest BCUT2D eigenvalue weighted by molar-refractivity contribution is -0.138. The maximum Gasteiger partial charge on any atom is 0.325 e. The molecule has 14 heavy (non-hydrogen) atoms. The Morgan fingerprint density at radius 1 is 1.57 bits per heavy atom. The van der Waals surface area contributed by atoms with E-state index < -0.39 is 12.0 Å². The van der Waals surface area contributed by atoms with Crippen LogP contribution in [0.25, 0.3) is 0 Å². The number of benzene rings is 1. The van der Waals surface area contributed by atoms with Gasteiger partial charge in [0.05, 0.1) is 7.11 Å². The molecular weight excluding hydrogens is 182 g/mol. The van der Waals surface area contributed by atoms with E-state index in [0.29, 0.717) is 11.3 Å². The van der Waals surface area contributed by atoms with Gasteiger partial charge in [0, 0.05) is 5.56 Å². The van der Waals surface area contributed by atoms with Crippen LogP contribution in [0, 0.1) is 6.92 Å². The zero-order valence-electron chi connectivity index (χ0n) is 8.15. The fourth-order valence-electron chi connectivity index (χ4n) is 1.21. The molecule has 0 fully saturated rings. The second-order valence-corrected chi connectivity index (χ2v) is 3.06. The van der Waals surface area contributed by atoms with Gasteiger partial charge in [0.2, 0.25) is 0 Å². The highest BCUT2D eigenvalue weighted by Gasteiger charge is 2.18. The summed E-state index contributed by atoms with van der Waals surface area (Å²) in [6, 6.07) is 4.21. The van der Waals surface area contributed by atoms with Crippen molar-refractivity contribution in [3.8, 4) is 5.75 Å². The Morgan fingerprint density at radius 2 is 2.21 bits per heavy atom. The van der Waals surface area contributed by atoms with E-state index in [4.69, 9.17) is 15.6 Å². The fraction of sp³-hybridized carbons (Fsp3) is 0.300. The molecule has 0 aliphatic heterocycles. The summed E-state index contributed by atoms with van der Waals surface area (Å²) >= 11 is 0. The van der Waals surface area contributed by atoms with Crippen molar-refractivity contribution in [2.45, 2.75) is 13.0 Å². The van der Waals surface area contributed by atoms with Gasteiger partial charge in [-0.3, -0.25) is 4.79 Å². The van der Waals surface area contributed by atoms with Crippen molar-refractivity contribution in [2.24, 2.45) is 5.73 Å². The first-order valence-corrected chi connectivity index (χ1v) is 4.19. The molecule has 4 nitrogen and oxygen atoms in total. The Labute approximate surface area is 82.3 Å². The summed E-state index contributed by atoms with van der Waals surface area (Å²) < 4.78 is 5.05. The van der Waals surface area contributed by atoms with Crippen LogP contribution in [0.2, 0.25) is 0 Å². The maximum absolute atomic E-state index is 10.7. The molecule has 0 amide bonds. The van der Waals surface area contributed by atoms with Gasteiger partial charge in [0.15, 0.2) is 0 Å². The summed E-state index contributed by atoms with van der Waals surface area (Å²) in [6.07, 6.45) is 0. The zero-order chi connectivity index (χ0) is 10.7. The molecule has 0 spiro atoms. The number of hydrogen-bond donors (Lipinski definition) is 2. The smallest absolute Gasteiger partial charge is 0.325 e. The summed E-state index contributed by atoms with van der Waals surface area (Å²) in [4.78, 5) is 10.7. The molecule has 0 bridgehead atoms. The lowest BCUT2D eigenvalue weighted by Crippen LogP contribution is -2.21. The molecule has 0 aliphatic rings. The molecular formula is C10H13NO3. The molecule has 0 aliphatic carbocycles. The van der Waals surface area contributed by atoms with Crippen molar-refractivity contribution in [3.63, 3.8) is 0 Å². The van der Waals surface area contributed by atoms with E-state index in [1.54, 1.807) is 18.2 Å². The van der Waals surface area contributed by atoms with Gasteiger partial charge in [-0.15, -0.1) is 0 Å². The maximum atomic E-state index is 10.7. The van der Waals surface area contributed by atoms with Crippen LogP contribution < -0.4 is 10.5 Å². The number of methoxy groups -OCH3 is 1. The van der Waals surface area contributed by atoms with Crippen LogP contribution in [0.4, 0.5) is 0 Å². The second kappa shape index (κ2) is 4.11. The number of nitrogens with two attached hydrogens (primary N) is 1. The van der Waals surface area contributed by atoms with Crippen molar-refractivity contribution in [3.05, 3.63) is 29.3 Å². The first kappa shape index (κ1) is 10.5. The van der Waals surface area contributed by atoms with Gasteiger partial charge >= 0.3 is 5.97 Å². The molecule has 0 aromatic heterocycles. The minimum Gasteiger partial charge on any atom is -0.496 e. The molecule has 1 aromatic rings. The van der Waals surface area contributed by atoms with Crippen molar-refractivity contribution in [2.75, 3.05) is 7.11 Å². The summed E-state index contributed by atoms with van der Waals surface area (Å²) in [5.41, 5.74) is 6.98. The monoisotopic (exact) mass is 195 g/mol.